The van der Waals surface area contributed by atoms with E-state index in [1.165, 1.54) is 14.2 Å². The van der Waals surface area contributed by atoms with Crippen molar-refractivity contribution in [1.82, 2.24) is 20.3 Å². The summed E-state index contributed by atoms with van der Waals surface area (Å²) in [5, 5.41) is 11.5. The average Bonchev–Trinajstić information content (AvgIpc) is 3.29. The Morgan fingerprint density at radius 1 is 0.949 bits per heavy atom. The van der Waals surface area contributed by atoms with Gasteiger partial charge in [-0.15, -0.1) is 5.10 Å². The Labute approximate surface area is 228 Å². The molecule has 4 aromatic rings. The molecule has 0 saturated carbocycles. The van der Waals surface area contributed by atoms with Crippen molar-refractivity contribution in [3.8, 4) is 11.5 Å². The molecule has 2 amide bonds. The SMILES string of the molecule is COc1cccc([C@H](C(=O)NC(C)(C)C)N(C(=O)Cn2nnc3ccccc32)c2c(C)cccc2C)c1OC. The molecular formula is C30H35N5O4. The number of ether oxygens (including phenoxy) is 2. The Kier molecular flexibility index (Phi) is 7.90. The molecule has 0 spiro atoms. The third kappa shape index (κ3) is 5.72. The first kappa shape index (κ1) is 27.6. The maximum atomic E-state index is 14.4. The first-order valence-corrected chi connectivity index (χ1v) is 12.7. The van der Waals surface area contributed by atoms with Crippen molar-refractivity contribution < 1.29 is 19.1 Å². The number of aromatic nitrogens is 3. The summed E-state index contributed by atoms with van der Waals surface area (Å²) in [6.07, 6.45) is 0. The molecule has 0 aliphatic heterocycles. The van der Waals surface area contributed by atoms with Crippen molar-refractivity contribution in [3.63, 3.8) is 0 Å². The van der Waals surface area contributed by atoms with Crippen molar-refractivity contribution in [1.29, 1.82) is 0 Å². The number of aryl methyl sites for hydroxylation is 2. The molecule has 1 N–H and O–H groups in total. The van der Waals surface area contributed by atoms with E-state index in [1.54, 1.807) is 27.8 Å². The number of hydrogen-bond donors (Lipinski definition) is 1. The Morgan fingerprint density at radius 3 is 2.26 bits per heavy atom. The lowest BCUT2D eigenvalue weighted by Gasteiger charge is -2.36. The average molecular weight is 530 g/mol. The van der Waals surface area contributed by atoms with Crippen LogP contribution in [0.4, 0.5) is 5.69 Å². The molecule has 204 valence electrons. The van der Waals surface area contributed by atoms with Crippen LogP contribution in [-0.4, -0.2) is 46.6 Å². The van der Waals surface area contributed by atoms with Crippen LogP contribution in [0, 0.1) is 13.8 Å². The standard InChI is InChI=1S/C30H35N5O4/c1-19-12-10-13-20(2)26(19)35(25(36)18-34-23-16-9-8-15-22(23)32-33-34)27(29(37)31-30(3,4)5)21-14-11-17-24(38-6)28(21)39-7/h8-17,27H,18H2,1-7H3,(H,31,37)/t27-/m1/s1. The van der Waals surface area contributed by atoms with Gasteiger partial charge in [0.1, 0.15) is 18.1 Å². The van der Waals surface area contributed by atoms with Gasteiger partial charge in [-0.2, -0.15) is 0 Å². The predicted molar refractivity (Wildman–Crippen MR) is 151 cm³/mol. The molecule has 9 heteroatoms. The van der Waals surface area contributed by atoms with E-state index in [1.807, 2.05) is 77.1 Å². The molecule has 9 nitrogen and oxygen atoms in total. The Balaban J connectivity index is 1.95. The topological polar surface area (TPSA) is 98.6 Å². The first-order chi connectivity index (χ1) is 18.6. The van der Waals surface area contributed by atoms with Gasteiger partial charge in [-0.25, -0.2) is 4.68 Å². The van der Waals surface area contributed by atoms with Crippen LogP contribution >= 0.6 is 0 Å². The van der Waals surface area contributed by atoms with Crippen LogP contribution in [0.2, 0.25) is 0 Å². The van der Waals surface area contributed by atoms with Gasteiger partial charge < -0.3 is 14.8 Å². The smallest absolute Gasteiger partial charge is 0.249 e. The van der Waals surface area contributed by atoms with Crippen molar-refractivity contribution in [3.05, 3.63) is 77.4 Å². The fraction of sp³-hybridized carbons (Fsp3) is 0.333. The van der Waals surface area contributed by atoms with Crippen LogP contribution in [0.5, 0.6) is 11.5 Å². The van der Waals surface area contributed by atoms with E-state index in [0.717, 1.165) is 16.6 Å². The van der Waals surface area contributed by atoms with Crippen molar-refractivity contribution >= 4 is 28.5 Å². The molecule has 0 aliphatic rings. The second-order valence-electron chi connectivity index (χ2n) is 10.5. The predicted octanol–water partition coefficient (Wildman–Crippen LogP) is 4.75. The maximum Gasteiger partial charge on any atom is 0.249 e. The summed E-state index contributed by atoms with van der Waals surface area (Å²) < 4.78 is 12.9. The summed E-state index contributed by atoms with van der Waals surface area (Å²) in [6.45, 7) is 9.43. The van der Waals surface area contributed by atoms with E-state index >= 15 is 0 Å². The number of hydrogen-bond acceptors (Lipinski definition) is 6. The number of benzene rings is 3. The quantitative estimate of drug-likeness (QED) is 0.354. The second-order valence-corrected chi connectivity index (χ2v) is 10.5. The third-order valence-electron chi connectivity index (χ3n) is 6.39. The first-order valence-electron chi connectivity index (χ1n) is 12.7. The molecule has 0 saturated heterocycles. The van der Waals surface area contributed by atoms with Gasteiger partial charge in [0.15, 0.2) is 11.5 Å². The summed E-state index contributed by atoms with van der Waals surface area (Å²) in [7, 11) is 3.06. The summed E-state index contributed by atoms with van der Waals surface area (Å²) in [6, 6.07) is 17.5. The molecular weight excluding hydrogens is 494 g/mol. The number of carbonyl (C=O) groups excluding carboxylic acids is 2. The minimum atomic E-state index is -1.07. The van der Waals surface area contributed by atoms with E-state index < -0.39 is 11.6 Å². The fourth-order valence-electron chi connectivity index (χ4n) is 4.78. The van der Waals surface area contributed by atoms with E-state index in [4.69, 9.17) is 9.47 Å². The highest BCUT2D eigenvalue weighted by molar-refractivity contribution is 6.03. The van der Waals surface area contributed by atoms with Crippen molar-refractivity contribution in [2.24, 2.45) is 0 Å². The number of anilines is 1. The van der Waals surface area contributed by atoms with Gasteiger partial charge in [-0.05, 0) is 63.9 Å². The fourth-order valence-corrected chi connectivity index (χ4v) is 4.78. The Bertz CT molecular complexity index is 1480. The highest BCUT2D eigenvalue weighted by Gasteiger charge is 2.38. The summed E-state index contributed by atoms with van der Waals surface area (Å²) in [5.41, 5.74) is 3.69. The van der Waals surface area contributed by atoms with E-state index in [-0.39, 0.29) is 18.4 Å². The number of nitrogens with one attached hydrogen (secondary N) is 1. The molecule has 0 bridgehead atoms. The Hall–Kier alpha value is -4.40. The number of para-hydroxylation sites is 3. The second kappa shape index (κ2) is 11.1. The third-order valence-corrected chi connectivity index (χ3v) is 6.39. The highest BCUT2D eigenvalue weighted by Crippen LogP contribution is 2.41. The van der Waals surface area contributed by atoms with Gasteiger partial charge in [0, 0.05) is 11.1 Å². The zero-order valence-corrected chi connectivity index (χ0v) is 23.5. The van der Waals surface area contributed by atoms with Crippen LogP contribution in [0.1, 0.15) is 43.5 Å². The van der Waals surface area contributed by atoms with E-state index in [9.17, 15) is 9.59 Å². The molecule has 1 atom stereocenters. The van der Waals surface area contributed by atoms with E-state index in [2.05, 4.69) is 15.6 Å². The molecule has 39 heavy (non-hydrogen) atoms. The minimum absolute atomic E-state index is 0.125. The Morgan fingerprint density at radius 2 is 1.62 bits per heavy atom. The number of amides is 2. The zero-order chi connectivity index (χ0) is 28.3. The summed E-state index contributed by atoms with van der Waals surface area (Å²) >= 11 is 0. The lowest BCUT2D eigenvalue weighted by atomic mass is 9.97. The molecule has 0 unspecified atom stereocenters. The molecule has 1 aromatic heterocycles. The van der Waals surface area contributed by atoms with Crippen molar-refractivity contribution in [2.45, 2.75) is 52.7 Å². The lowest BCUT2D eigenvalue weighted by Crippen LogP contribution is -2.50. The maximum absolute atomic E-state index is 14.4. The van der Waals surface area contributed by atoms with Gasteiger partial charge in [0.25, 0.3) is 0 Å². The van der Waals surface area contributed by atoms with E-state index in [0.29, 0.717) is 28.3 Å². The molecule has 0 fully saturated rings. The van der Waals surface area contributed by atoms with Crippen molar-refractivity contribution in [2.75, 3.05) is 19.1 Å². The monoisotopic (exact) mass is 529 g/mol. The van der Waals surface area contributed by atoms with Gasteiger partial charge in [-0.3, -0.25) is 14.5 Å². The molecule has 0 radical (unpaired) electrons. The minimum Gasteiger partial charge on any atom is -0.493 e. The number of rotatable bonds is 8. The largest absolute Gasteiger partial charge is 0.493 e. The molecule has 3 aromatic carbocycles. The normalized spacial score (nSPS) is 12.2. The number of carbonyl (C=O) groups is 2. The zero-order valence-electron chi connectivity index (χ0n) is 23.5. The van der Waals surface area contributed by atoms with Gasteiger partial charge in [0.2, 0.25) is 11.8 Å². The molecule has 4 rings (SSSR count). The number of methoxy groups -OCH3 is 2. The van der Waals surface area contributed by atoms with Crippen LogP contribution in [0.3, 0.4) is 0 Å². The molecule has 0 aliphatic carbocycles. The summed E-state index contributed by atoms with van der Waals surface area (Å²) in [4.78, 5) is 30.1. The molecule has 1 heterocycles. The van der Waals surface area contributed by atoms with Crippen LogP contribution < -0.4 is 19.7 Å². The summed E-state index contributed by atoms with van der Waals surface area (Å²) in [5.74, 6) is 0.152. The van der Waals surface area contributed by atoms with Crippen LogP contribution in [0.15, 0.2) is 60.7 Å². The van der Waals surface area contributed by atoms with Gasteiger partial charge in [-0.1, -0.05) is 47.7 Å². The van der Waals surface area contributed by atoms with Crippen LogP contribution in [-0.2, 0) is 16.1 Å². The lowest BCUT2D eigenvalue weighted by molar-refractivity contribution is -0.128. The number of nitrogens with zero attached hydrogens (tertiary/aromatic N) is 4. The number of fused-ring (bicyclic) bond motifs is 1. The highest BCUT2D eigenvalue weighted by atomic mass is 16.5. The van der Waals surface area contributed by atoms with Gasteiger partial charge in [0.05, 0.1) is 25.4 Å². The van der Waals surface area contributed by atoms with Gasteiger partial charge >= 0.3 is 0 Å². The van der Waals surface area contributed by atoms with Crippen LogP contribution in [0.25, 0.3) is 11.0 Å².